The van der Waals surface area contributed by atoms with E-state index >= 15 is 0 Å². The van der Waals surface area contributed by atoms with Gasteiger partial charge in [-0.3, -0.25) is 9.59 Å². The fraction of sp³-hybridized carbons (Fsp3) is 0.368. The Labute approximate surface area is 152 Å². The van der Waals surface area contributed by atoms with E-state index in [1.807, 2.05) is 24.0 Å². The van der Waals surface area contributed by atoms with E-state index in [2.05, 4.69) is 20.6 Å². The number of hydrogen-bond acceptors (Lipinski definition) is 5. The first-order valence-corrected chi connectivity index (χ1v) is 8.81. The van der Waals surface area contributed by atoms with Gasteiger partial charge in [0.25, 0.3) is 5.91 Å². The predicted octanol–water partition coefficient (Wildman–Crippen LogP) is 3.11. The number of carbonyl (C=O) groups is 2. The summed E-state index contributed by atoms with van der Waals surface area (Å²) in [4.78, 5) is 34.5. The molecule has 3 rings (SSSR count). The van der Waals surface area contributed by atoms with Crippen LogP contribution in [0.2, 0.25) is 0 Å². The minimum atomic E-state index is -0.136. The number of nitrogens with zero attached hydrogens (tertiary/aromatic N) is 3. The van der Waals surface area contributed by atoms with Crippen molar-refractivity contribution in [3.05, 3.63) is 41.7 Å². The van der Waals surface area contributed by atoms with E-state index in [4.69, 9.17) is 0 Å². The molecule has 1 aliphatic rings. The van der Waals surface area contributed by atoms with E-state index in [-0.39, 0.29) is 11.8 Å². The molecule has 1 aliphatic heterocycles. The van der Waals surface area contributed by atoms with Gasteiger partial charge in [0.2, 0.25) is 11.9 Å². The molecule has 0 bridgehead atoms. The lowest BCUT2D eigenvalue weighted by molar-refractivity contribution is -0.114. The van der Waals surface area contributed by atoms with Gasteiger partial charge in [0.1, 0.15) is 5.69 Å². The molecule has 1 aromatic carbocycles. The molecule has 136 valence electrons. The monoisotopic (exact) mass is 353 g/mol. The molecule has 2 N–H and O–H groups in total. The maximum Gasteiger partial charge on any atom is 0.272 e. The molecule has 26 heavy (non-hydrogen) atoms. The van der Waals surface area contributed by atoms with Gasteiger partial charge in [0.15, 0.2) is 0 Å². The molecule has 0 aliphatic carbocycles. The van der Waals surface area contributed by atoms with Gasteiger partial charge in [-0.15, -0.1) is 0 Å². The third-order valence-corrected chi connectivity index (χ3v) is 4.16. The lowest BCUT2D eigenvalue weighted by Crippen LogP contribution is -2.36. The van der Waals surface area contributed by atoms with Crippen LogP contribution in [0, 0.1) is 6.92 Å². The first-order chi connectivity index (χ1) is 12.5. The first-order valence-electron chi connectivity index (χ1n) is 8.81. The highest BCUT2D eigenvalue weighted by Gasteiger charge is 2.20. The average molecular weight is 353 g/mol. The number of benzene rings is 1. The second kappa shape index (κ2) is 7.95. The number of carbonyl (C=O) groups excluding carboxylic acids is 2. The smallest absolute Gasteiger partial charge is 0.272 e. The number of nitrogens with one attached hydrogen (secondary N) is 2. The van der Waals surface area contributed by atoms with Crippen molar-refractivity contribution in [3.63, 3.8) is 0 Å². The van der Waals surface area contributed by atoms with E-state index in [9.17, 15) is 9.59 Å². The Morgan fingerprint density at radius 1 is 1.04 bits per heavy atom. The largest absolute Gasteiger partial charge is 0.337 e. The van der Waals surface area contributed by atoms with Gasteiger partial charge in [-0.05, 0) is 50.5 Å². The molecular formula is C19H23N5O2. The summed E-state index contributed by atoms with van der Waals surface area (Å²) in [6, 6.07) is 8.98. The Morgan fingerprint density at radius 2 is 1.77 bits per heavy atom. The zero-order valence-electron chi connectivity index (χ0n) is 15.1. The van der Waals surface area contributed by atoms with Crippen molar-refractivity contribution < 1.29 is 9.59 Å². The molecule has 1 aromatic heterocycles. The van der Waals surface area contributed by atoms with Crippen LogP contribution >= 0.6 is 0 Å². The van der Waals surface area contributed by atoms with Gasteiger partial charge in [-0.1, -0.05) is 6.07 Å². The van der Waals surface area contributed by atoms with Crippen LogP contribution < -0.4 is 10.6 Å². The Morgan fingerprint density at radius 3 is 2.50 bits per heavy atom. The Kier molecular flexibility index (Phi) is 5.46. The molecule has 0 saturated carbocycles. The van der Waals surface area contributed by atoms with Crippen molar-refractivity contribution in [2.45, 2.75) is 33.1 Å². The fourth-order valence-corrected chi connectivity index (χ4v) is 3.00. The third kappa shape index (κ3) is 4.56. The Bertz CT molecular complexity index is 815. The zero-order chi connectivity index (χ0) is 18.5. The van der Waals surface area contributed by atoms with Crippen molar-refractivity contribution in [1.82, 2.24) is 14.9 Å². The summed E-state index contributed by atoms with van der Waals surface area (Å²) in [5.74, 6) is 0.180. The standard InChI is InChI=1S/C19H23N5O2/c1-13-11-17(18(26)24-9-4-3-5-10-24)23-19(20-13)22-16-8-6-7-15(12-16)21-14(2)25/h6-8,11-12H,3-5,9-10H2,1-2H3,(H,21,25)(H,20,22,23). The van der Waals surface area contributed by atoms with E-state index in [0.717, 1.165) is 37.3 Å². The molecule has 2 heterocycles. The number of likely N-dealkylation sites (tertiary alicyclic amines) is 1. The summed E-state index contributed by atoms with van der Waals surface area (Å²) in [5.41, 5.74) is 2.54. The van der Waals surface area contributed by atoms with E-state index in [1.165, 1.54) is 13.3 Å². The zero-order valence-corrected chi connectivity index (χ0v) is 15.1. The highest BCUT2D eigenvalue weighted by Crippen LogP contribution is 2.19. The number of aryl methyl sites for hydroxylation is 1. The summed E-state index contributed by atoms with van der Waals surface area (Å²) in [6.45, 7) is 4.86. The lowest BCUT2D eigenvalue weighted by Gasteiger charge is -2.26. The highest BCUT2D eigenvalue weighted by atomic mass is 16.2. The summed E-state index contributed by atoms with van der Waals surface area (Å²) < 4.78 is 0. The van der Waals surface area contributed by atoms with Gasteiger partial charge in [0.05, 0.1) is 0 Å². The maximum atomic E-state index is 12.7. The van der Waals surface area contributed by atoms with Crippen LogP contribution in [0.4, 0.5) is 17.3 Å². The molecule has 1 fully saturated rings. The number of amides is 2. The molecule has 2 amide bonds. The van der Waals surface area contributed by atoms with Crippen molar-refractivity contribution in [2.24, 2.45) is 0 Å². The predicted molar refractivity (Wildman–Crippen MR) is 101 cm³/mol. The molecule has 0 radical (unpaired) electrons. The van der Waals surface area contributed by atoms with Crippen LogP contribution in [0.15, 0.2) is 30.3 Å². The molecule has 1 saturated heterocycles. The van der Waals surface area contributed by atoms with Crippen LogP contribution in [0.3, 0.4) is 0 Å². The quantitative estimate of drug-likeness (QED) is 0.882. The van der Waals surface area contributed by atoms with Crippen LogP contribution in [0.5, 0.6) is 0 Å². The highest BCUT2D eigenvalue weighted by molar-refractivity contribution is 5.93. The SMILES string of the molecule is CC(=O)Nc1cccc(Nc2nc(C)cc(C(=O)N3CCCCC3)n2)c1. The van der Waals surface area contributed by atoms with Gasteiger partial charge >= 0.3 is 0 Å². The van der Waals surface area contributed by atoms with Crippen LogP contribution in [-0.2, 0) is 4.79 Å². The number of anilines is 3. The maximum absolute atomic E-state index is 12.7. The van der Waals surface area contributed by atoms with Crippen molar-refractivity contribution in [3.8, 4) is 0 Å². The van der Waals surface area contributed by atoms with Crippen LogP contribution in [-0.4, -0.2) is 39.8 Å². The minimum absolute atomic E-state index is 0.0507. The molecule has 0 unspecified atom stereocenters. The van der Waals surface area contributed by atoms with Crippen molar-refractivity contribution in [2.75, 3.05) is 23.7 Å². The van der Waals surface area contributed by atoms with Crippen molar-refractivity contribution in [1.29, 1.82) is 0 Å². The van der Waals surface area contributed by atoms with E-state index < -0.39 is 0 Å². The number of rotatable bonds is 4. The molecule has 2 aromatic rings. The molecule has 7 nitrogen and oxygen atoms in total. The second-order valence-electron chi connectivity index (χ2n) is 6.46. The summed E-state index contributed by atoms with van der Waals surface area (Å²) >= 11 is 0. The van der Waals surface area contributed by atoms with E-state index in [0.29, 0.717) is 17.3 Å². The number of aromatic nitrogens is 2. The summed E-state index contributed by atoms with van der Waals surface area (Å²) in [7, 11) is 0. The topological polar surface area (TPSA) is 87.2 Å². The van der Waals surface area contributed by atoms with Gasteiger partial charge in [0, 0.05) is 37.1 Å². The Hall–Kier alpha value is -2.96. The lowest BCUT2D eigenvalue weighted by atomic mass is 10.1. The Balaban J connectivity index is 1.79. The molecule has 0 spiro atoms. The van der Waals surface area contributed by atoms with Crippen LogP contribution in [0.1, 0.15) is 42.4 Å². The molecular weight excluding hydrogens is 330 g/mol. The van der Waals surface area contributed by atoms with Crippen molar-refractivity contribution >= 4 is 29.1 Å². The first kappa shape index (κ1) is 17.8. The average Bonchev–Trinajstić information content (AvgIpc) is 2.61. The van der Waals surface area contributed by atoms with E-state index in [1.54, 1.807) is 18.2 Å². The molecule has 7 heteroatoms. The number of hydrogen-bond donors (Lipinski definition) is 2. The minimum Gasteiger partial charge on any atom is -0.337 e. The number of piperidine rings is 1. The second-order valence-corrected chi connectivity index (χ2v) is 6.46. The molecule has 0 atom stereocenters. The normalized spacial score (nSPS) is 14.0. The summed E-state index contributed by atoms with van der Waals surface area (Å²) in [5, 5.41) is 5.85. The van der Waals surface area contributed by atoms with Gasteiger partial charge < -0.3 is 15.5 Å². The van der Waals surface area contributed by atoms with Gasteiger partial charge in [-0.2, -0.15) is 0 Å². The van der Waals surface area contributed by atoms with Crippen LogP contribution in [0.25, 0.3) is 0 Å². The fourth-order valence-electron chi connectivity index (χ4n) is 3.00. The third-order valence-electron chi connectivity index (χ3n) is 4.16. The summed E-state index contributed by atoms with van der Waals surface area (Å²) in [6.07, 6.45) is 3.25. The van der Waals surface area contributed by atoms with Gasteiger partial charge in [-0.25, -0.2) is 9.97 Å².